The van der Waals surface area contributed by atoms with E-state index in [2.05, 4.69) is 24.4 Å². The predicted molar refractivity (Wildman–Crippen MR) is 90.2 cm³/mol. The van der Waals surface area contributed by atoms with Crippen LogP contribution in [0.1, 0.15) is 37.4 Å². The number of pyridine rings is 1. The summed E-state index contributed by atoms with van der Waals surface area (Å²) < 4.78 is 7.06. The first-order valence-corrected chi connectivity index (χ1v) is 8.04. The van der Waals surface area contributed by atoms with E-state index in [0.717, 1.165) is 24.2 Å². The minimum absolute atomic E-state index is 0.00839. The number of carbonyl (C=O) groups excluding carboxylic acids is 1. The van der Waals surface area contributed by atoms with Crippen molar-refractivity contribution < 1.29 is 14.1 Å². The largest absolute Gasteiger partial charge is 0.497 e. The molecule has 0 fully saturated rings. The summed E-state index contributed by atoms with van der Waals surface area (Å²) in [6.45, 7) is 4.58. The highest BCUT2D eigenvalue weighted by molar-refractivity contribution is 5.78. The molecule has 2 rings (SSSR count). The topological polar surface area (TPSA) is 42.2 Å². The first-order valence-electron chi connectivity index (χ1n) is 8.04. The van der Waals surface area contributed by atoms with Gasteiger partial charge >= 0.3 is 0 Å². The molecule has 0 radical (unpaired) electrons. The summed E-state index contributed by atoms with van der Waals surface area (Å²) in [6.07, 6.45) is 6.14. The van der Waals surface area contributed by atoms with Gasteiger partial charge < -0.3 is 10.1 Å². The van der Waals surface area contributed by atoms with Crippen LogP contribution in [-0.4, -0.2) is 13.0 Å². The Morgan fingerprint density at radius 3 is 2.35 bits per heavy atom. The van der Waals surface area contributed by atoms with Gasteiger partial charge in [-0.3, -0.25) is 4.79 Å². The number of amides is 1. The zero-order valence-corrected chi connectivity index (χ0v) is 14.1. The highest BCUT2D eigenvalue weighted by Crippen LogP contribution is 2.11. The third-order valence-electron chi connectivity index (χ3n) is 3.91. The van der Waals surface area contributed by atoms with Crippen LogP contribution in [0.5, 0.6) is 5.75 Å². The van der Waals surface area contributed by atoms with E-state index >= 15 is 0 Å². The van der Waals surface area contributed by atoms with Crippen molar-refractivity contribution in [3.63, 3.8) is 0 Å². The zero-order valence-electron chi connectivity index (χ0n) is 14.1. The van der Waals surface area contributed by atoms with Gasteiger partial charge in [0.1, 0.15) is 5.75 Å². The summed E-state index contributed by atoms with van der Waals surface area (Å²) in [5.74, 6) is 0.824. The van der Waals surface area contributed by atoms with Gasteiger partial charge in [-0.05, 0) is 29.7 Å². The molecule has 0 unspecified atom stereocenters. The number of ether oxygens (including phenoxy) is 1. The average Bonchev–Trinajstić information content (AvgIpc) is 2.60. The number of aryl methyl sites for hydroxylation is 1. The Morgan fingerprint density at radius 2 is 1.78 bits per heavy atom. The molecule has 0 aliphatic heterocycles. The second kappa shape index (κ2) is 8.32. The molecule has 122 valence electrons. The Bertz CT molecular complexity index is 621. The van der Waals surface area contributed by atoms with Gasteiger partial charge in [0.2, 0.25) is 6.04 Å². The van der Waals surface area contributed by atoms with Crippen molar-refractivity contribution >= 4 is 5.91 Å². The molecule has 0 aliphatic rings. The van der Waals surface area contributed by atoms with Gasteiger partial charge in [0.05, 0.1) is 7.11 Å². The van der Waals surface area contributed by atoms with Crippen LogP contribution in [0, 0.1) is 0 Å². The molecule has 1 N–H and O–H groups in total. The lowest BCUT2D eigenvalue weighted by molar-refractivity contribution is -0.706. The van der Waals surface area contributed by atoms with E-state index in [1.807, 2.05) is 48.1 Å². The molecular formula is C19H25N2O2+. The molecule has 0 aliphatic carbocycles. The molecule has 1 amide bonds. The number of methoxy groups -OCH3 is 1. The van der Waals surface area contributed by atoms with Crippen LogP contribution in [0.4, 0.5) is 0 Å². The van der Waals surface area contributed by atoms with Crippen LogP contribution < -0.4 is 14.6 Å². The Morgan fingerprint density at radius 1 is 1.13 bits per heavy atom. The van der Waals surface area contributed by atoms with E-state index in [4.69, 9.17) is 4.74 Å². The first kappa shape index (κ1) is 17.0. The summed E-state index contributed by atoms with van der Waals surface area (Å²) in [4.78, 5) is 12.3. The van der Waals surface area contributed by atoms with Crippen molar-refractivity contribution in [1.29, 1.82) is 0 Å². The number of hydrogen-bond acceptors (Lipinski definition) is 2. The second-order valence-corrected chi connectivity index (χ2v) is 5.65. The highest BCUT2D eigenvalue weighted by atomic mass is 16.5. The van der Waals surface area contributed by atoms with Crippen LogP contribution in [0.3, 0.4) is 0 Å². The molecule has 0 saturated carbocycles. The van der Waals surface area contributed by atoms with Crippen molar-refractivity contribution in [2.75, 3.05) is 7.11 Å². The number of nitrogens with one attached hydrogen (secondary N) is 1. The molecule has 0 saturated heterocycles. The van der Waals surface area contributed by atoms with Crippen LogP contribution in [0.25, 0.3) is 0 Å². The summed E-state index contributed by atoms with van der Waals surface area (Å²) >= 11 is 0. The highest BCUT2D eigenvalue weighted by Gasteiger charge is 2.21. The zero-order chi connectivity index (χ0) is 16.7. The Balaban J connectivity index is 1.91. The summed E-state index contributed by atoms with van der Waals surface area (Å²) in [6, 6.07) is 11.6. The SMILES string of the molecule is CCCc1cc[n+]([C@H](C)C(=O)NCc2ccc(OC)cc2)cc1. The number of aromatic nitrogens is 1. The Hall–Kier alpha value is -2.36. The fraction of sp³-hybridized carbons (Fsp3) is 0.368. The van der Waals surface area contributed by atoms with Crippen LogP contribution in [0.2, 0.25) is 0 Å². The fourth-order valence-electron chi connectivity index (χ4n) is 2.40. The van der Waals surface area contributed by atoms with Gasteiger partial charge in [0, 0.05) is 25.6 Å². The van der Waals surface area contributed by atoms with Crippen molar-refractivity contribution in [2.45, 2.75) is 39.3 Å². The Kier molecular flexibility index (Phi) is 6.15. The van der Waals surface area contributed by atoms with Crippen LogP contribution in [0.15, 0.2) is 48.8 Å². The van der Waals surface area contributed by atoms with Crippen molar-refractivity contribution in [2.24, 2.45) is 0 Å². The third kappa shape index (κ3) is 4.81. The van der Waals surface area contributed by atoms with Crippen LogP contribution >= 0.6 is 0 Å². The minimum atomic E-state index is -0.232. The number of carbonyl (C=O) groups is 1. The maximum Gasteiger partial charge on any atom is 0.289 e. The molecule has 0 bridgehead atoms. The smallest absolute Gasteiger partial charge is 0.289 e. The summed E-state index contributed by atoms with van der Waals surface area (Å²) in [7, 11) is 1.64. The molecule has 23 heavy (non-hydrogen) atoms. The van der Waals surface area contributed by atoms with E-state index < -0.39 is 0 Å². The monoisotopic (exact) mass is 313 g/mol. The van der Waals surface area contributed by atoms with Gasteiger partial charge in [0.25, 0.3) is 5.91 Å². The lowest BCUT2D eigenvalue weighted by Gasteiger charge is -2.09. The van der Waals surface area contributed by atoms with Crippen molar-refractivity contribution in [3.05, 3.63) is 59.9 Å². The molecule has 4 heteroatoms. The van der Waals surface area contributed by atoms with E-state index in [0.29, 0.717) is 6.54 Å². The third-order valence-corrected chi connectivity index (χ3v) is 3.91. The standard InChI is InChI=1S/C19H24N2O2/c1-4-5-16-10-12-21(13-11-16)15(2)19(22)20-14-17-6-8-18(23-3)9-7-17/h6-13,15H,4-5,14H2,1-3H3/p+1/t15-/m1/s1. The predicted octanol–water partition coefficient (Wildman–Crippen LogP) is 2.81. The van der Waals surface area contributed by atoms with E-state index in [1.165, 1.54) is 5.56 Å². The molecule has 2 aromatic rings. The number of hydrogen-bond donors (Lipinski definition) is 1. The molecule has 1 aromatic heterocycles. The molecule has 1 heterocycles. The maximum atomic E-state index is 12.3. The lowest BCUT2D eigenvalue weighted by Crippen LogP contribution is -2.46. The molecule has 0 spiro atoms. The molecule has 1 atom stereocenters. The van der Waals surface area contributed by atoms with Gasteiger partial charge in [-0.1, -0.05) is 25.5 Å². The number of nitrogens with zero attached hydrogens (tertiary/aromatic N) is 1. The summed E-state index contributed by atoms with van der Waals surface area (Å²) in [5.41, 5.74) is 2.35. The minimum Gasteiger partial charge on any atom is -0.497 e. The fourth-order valence-corrected chi connectivity index (χ4v) is 2.40. The van der Waals surface area contributed by atoms with Gasteiger partial charge in [-0.25, -0.2) is 0 Å². The number of rotatable bonds is 7. The van der Waals surface area contributed by atoms with Gasteiger partial charge in [0.15, 0.2) is 12.4 Å². The Labute approximate surface area is 138 Å². The molecule has 1 aromatic carbocycles. The lowest BCUT2D eigenvalue weighted by atomic mass is 10.1. The average molecular weight is 313 g/mol. The quantitative estimate of drug-likeness (QED) is 0.799. The normalized spacial score (nSPS) is 11.8. The molecule has 4 nitrogen and oxygen atoms in total. The maximum absolute atomic E-state index is 12.3. The number of benzene rings is 1. The van der Waals surface area contributed by atoms with E-state index in [1.54, 1.807) is 7.11 Å². The first-order chi connectivity index (χ1) is 11.1. The van der Waals surface area contributed by atoms with Gasteiger partial charge in [-0.15, -0.1) is 0 Å². The van der Waals surface area contributed by atoms with Crippen molar-refractivity contribution in [1.82, 2.24) is 5.32 Å². The summed E-state index contributed by atoms with van der Waals surface area (Å²) in [5, 5.41) is 2.97. The van der Waals surface area contributed by atoms with Crippen LogP contribution in [-0.2, 0) is 17.8 Å². The van der Waals surface area contributed by atoms with Gasteiger partial charge in [-0.2, -0.15) is 4.57 Å². The van der Waals surface area contributed by atoms with Crippen molar-refractivity contribution in [3.8, 4) is 5.75 Å². The molecular weight excluding hydrogens is 288 g/mol. The second-order valence-electron chi connectivity index (χ2n) is 5.65. The van der Waals surface area contributed by atoms with E-state index in [9.17, 15) is 4.79 Å². The van der Waals surface area contributed by atoms with E-state index in [-0.39, 0.29) is 11.9 Å².